The third kappa shape index (κ3) is 4.03. The number of benzene rings is 1. The van der Waals surface area contributed by atoms with E-state index in [-0.39, 0.29) is 24.8 Å². The Kier molecular flexibility index (Phi) is 5.88. The van der Waals surface area contributed by atoms with Gasteiger partial charge in [0, 0.05) is 23.0 Å². The van der Waals surface area contributed by atoms with Crippen LogP contribution in [-0.4, -0.2) is 22.5 Å². The van der Waals surface area contributed by atoms with Gasteiger partial charge in [0.05, 0.1) is 12.3 Å². The lowest BCUT2D eigenvalue weighted by atomic mass is 10.1. The first-order valence-corrected chi connectivity index (χ1v) is 7.54. The third-order valence-corrected chi connectivity index (χ3v) is 3.48. The van der Waals surface area contributed by atoms with Crippen molar-refractivity contribution in [2.75, 3.05) is 11.9 Å². The van der Waals surface area contributed by atoms with Gasteiger partial charge in [-0.3, -0.25) is 0 Å². The molecule has 3 aromatic rings. The summed E-state index contributed by atoms with van der Waals surface area (Å²) in [7, 11) is 0. The Balaban J connectivity index is 0.00000225. The molecule has 0 unspecified atom stereocenters. The number of anilines is 2. The van der Waals surface area contributed by atoms with Gasteiger partial charge in [-0.1, -0.05) is 0 Å². The summed E-state index contributed by atoms with van der Waals surface area (Å²) in [6.45, 7) is 3.87. The second-order valence-corrected chi connectivity index (χ2v) is 5.22. The summed E-state index contributed by atoms with van der Waals surface area (Å²) in [5.41, 5.74) is 2.84. The number of rotatable bonds is 4. The lowest BCUT2D eigenvalue weighted by molar-refractivity contribution is 0.0527. The van der Waals surface area contributed by atoms with Crippen LogP contribution in [0.25, 0.3) is 11.0 Å². The summed E-state index contributed by atoms with van der Waals surface area (Å²) >= 11 is 0. The molecule has 3 rings (SSSR count). The van der Waals surface area contributed by atoms with Crippen LogP contribution in [0, 0.1) is 12.7 Å². The van der Waals surface area contributed by atoms with E-state index in [1.54, 1.807) is 19.1 Å². The molecule has 1 N–H and O–H groups in total. The van der Waals surface area contributed by atoms with Gasteiger partial charge in [0.25, 0.3) is 0 Å². The van der Waals surface area contributed by atoms with Crippen molar-refractivity contribution in [2.24, 2.45) is 0 Å². The number of nitrogens with zero attached hydrogens (tertiary/aromatic N) is 2. The number of aryl methyl sites for hydroxylation is 1. The number of hydrogen-bond donors (Lipinski definition) is 1. The fraction of sp³-hybridized carbons (Fsp3) is 0.167. The molecule has 0 saturated carbocycles. The van der Waals surface area contributed by atoms with Gasteiger partial charge < -0.3 is 10.1 Å². The molecule has 1 aromatic carbocycles. The summed E-state index contributed by atoms with van der Waals surface area (Å²) < 4.78 is 18.2. The van der Waals surface area contributed by atoms with Crippen molar-refractivity contribution in [2.45, 2.75) is 13.8 Å². The number of carbonyl (C=O) groups excluding carboxylic acids is 1. The zero-order valence-corrected chi connectivity index (χ0v) is 14.6. The molecule has 0 amide bonds. The number of halogens is 2. The Hall–Kier alpha value is -2.73. The minimum Gasteiger partial charge on any atom is -0.462 e. The molecule has 2 heterocycles. The van der Waals surface area contributed by atoms with Crippen molar-refractivity contribution in [1.29, 1.82) is 0 Å². The van der Waals surface area contributed by atoms with E-state index in [1.807, 2.05) is 19.1 Å². The van der Waals surface area contributed by atoms with E-state index in [0.717, 1.165) is 5.69 Å². The maximum Gasteiger partial charge on any atom is 0.341 e. The van der Waals surface area contributed by atoms with Gasteiger partial charge in [0.15, 0.2) is 5.65 Å². The van der Waals surface area contributed by atoms with Crippen LogP contribution in [-0.2, 0) is 4.74 Å². The van der Waals surface area contributed by atoms with Crippen molar-refractivity contribution < 1.29 is 13.9 Å². The summed E-state index contributed by atoms with van der Waals surface area (Å²) in [5, 5.41) is 3.84. The molecular formula is C18H17ClFN3O2. The van der Waals surface area contributed by atoms with Crippen molar-refractivity contribution in [3.63, 3.8) is 0 Å². The number of esters is 1. The number of nitrogens with one attached hydrogen (secondary N) is 1. The highest BCUT2D eigenvalue weighted by Crippen LogP contribution is 2.29. The average molecular weight is 362 g/mol. The molecule has 0 fully saturated rings. The zero-order valence-electron chi connectivity index (χ0n) is 13.7. The van der Waals surface area contributed by atoms with Crippen LogP contribution in [0.2, 0.25) is 0 Å². The van der Waals surface area contributed by atoms with Gasteiger partial charge in [0.1, 0.15) is 11.4 Å². The summed E-state index contributed by atoms with van der Waals surface area (Å²) in [6, 6.07) is 9.57. The molecule has 0 aliphatic heterocycles. The number of fused-ring (bicyclic) bond motifs is 1. The number of aromatic nitrogens is 2. The Morgan fingerprint density at radius 2 is 1.92 bits per heavy atom. The van der Waals surface area contributed by atoms with Gasteiger partial charge in [-0.25, -0.2) is 19.2 Å². The fourth-order valence-corrected chi connectivity index (χ4v) is 2.35. The Bertz CT molecular complexity index is 901. The van der Waals surface area contributed by atoms with Gasteiger partial charge in [-0.05, 0) is 50.2 Å². The first-order valence-electron chi connectivity index (χ1n) is 7.54. The molecule has 7 heteroatoms. The van der Waals surface area contributed by atoms with Crippen LogP contribution >= 0.6 is 12.4 Å². The second-order valence-electron chi connectivity index (χ2n) is 5.22. The summed E-state index contributed by atoms with van der Waals surface area (Å²) in [6.07, 6.45) is 1.44. The van der Waals surface area contributed by atoms with Crippen LogP contribution in [0.1, 0.15) is 23.0 Å². The molecule has 0 radical (unpaired) electrons. The van der Waals surface area contributed by atoms with Crippen LogP contribution in [0.4, 0.5) is 15.8 Å². The summed E-state index contributed by atoms with van der Waals surface area (Å²) in [5.74, 6) is -0.805. The second kappa shape index (κ2) is 7.90. The topological polar surface area (TPSA) is 64.1 Å². The minimum atomic E-state index is -0.475. The van der Waals surface area contributed by atoms with Crippen LogP contribution in [0.3, 0.4) is 0 Å². The average Bonchev–Trinajstić information content (AvgIpc) is 2.57. The molecule has 0 saturated heterocycles. The molecule has 0 spiro atoms. The van der Waals surface area contributed by atoms with Gasteiger partial charge in [-0.15, -0.1) is 12.4 Å². The monoisotopic (exact) mass is 361 g/mol. The molecule has 130 valence electrons. The highest BCUT2D eigenvalue weighted by atomic mass is 35.5. The standard InChI is InChI=1S/C18H16FN3O2.ClH/c1-3-24-18(23)15-10-20-17-14(9-4-11(2)21-17)16(15)22-13-7-5-12(19)6-8-13;/h4-10H,3H2,1-2H3,(H,20,21,22);1H. The van der Waals surface area contributed by atoms with Crippen LogP contribution < -0.4 is 5.32 Å². The summed E-state index contributed by atoms with van der Waals surface area (Å²) in [4.78, 5) is 20.9. The van der Waals surface area contributed by atoms with E-state index in [2.05, 4.69) is 15.3 Å². The fourth-order valence-electron chi connectivity index (χ4n) is 2.35. The molecule has 0 aliphatic carbocycles. The van der Waals surface area contributed by atoms with E-state index >= 15 is 0 Å². The number of hydrogen-bond acceptors (Lipinski definition) is 5. The smallest absolute Gasteiger partial charge is 0.341 e. The Labute approximate surface area is 150 Å². The predicted octanol–water partition coefficient (Wildman–Crippen LogP) is 4.42. The minimum absolute atomic E-state index is 0. The van der Waals surface area contributed by atoms with E-state index in [9.17, 15) is 9.18 Å². The van der Waals surface area contributed by atoms with E-state index in [4.69, 9.17) is 4.74 Å². The zero-order chi connectivity index (χ0) is 17.1. The van der Waals surface area contributed by atoms with E-state index in [1.165, 1.54) is 18.3 Å². The molecule has 5 nitrogen and oxygen atoms in total. The van der Waals surface area contributed by atoms with Crippen molar-refractivity contribution in [3.8, 4) is 0 Å². The SMILES string of the molecule is CCOC(=O)c1cnc2nc(C)ccc2c1Nc1ccc(F)cc1.Cl. The Morgan fingerprint density at radius 1 is 1.20 bits per heavy atom. The highest BCUT2D eigenvalue weighted by Gasteiger charge is 2.17. The highest BCUT2D eigenvalue weighted by molar-refractivity contribution is 6.05. The molecule has 0 atom stereocenters. The predicted molar refractivity (Wildman–Crippen MR) is 97.2 cm³/mol. The maximum atomic E-state index is 13.1. The van der Waals surface area contributed by atoms with Crippen molar-refractivity contribution in [3.05, 3.63) is 59.7 Å². The largest absolute Gasteiger partial charge is 0.462 e. The molecule has 0 bridgehead atoms. The van der Waals surface area contributed by atoms with E-state index in [0.29, 0.717) is 28.0 Å². The molecular weight excluding hydrogens is 345 g/mol. The third-order valence-electron chi connectivity index (χ3n) is 3.48. The first-order chi connectivity index (χ1) is 11.6. The van der Waals surface area contributed by atoms with Crippen molar-refractivity contribution >= 4 is 40.8 Å². The number of pyridine rings is 2. The molecule has 25 heavy (non-hydrogen) atoms. The molecule has 2 aromatic heterocycles. The van der Waals surface area contributed by atoms with Gasteiger partial charge in [-0.2, -0.15) is 0 Å². The number of ether oxygens (including phenoxy) is 1. The van der Waals surface area contributed by atoms with Crippen molar-refractivity contribution in [1.82, 2.24) is 9.97 Å². The normalized spacial score (nSPS) is 10.2. The van der Waals surface area contributed by atoms with E-state index < -0.39 is 5.97 Å². The Morgan fingerprint density at radius 3 is 2.60 bits per heavy atom. The lowest BCUT2D eigenvalue weighted by Gasteiger charge is -2.14. The molecule has 0 aliphatic rings. The maximum absolute atomic E-state index is 13.1. The van der Waals surface area contributed by atoms with Gasteiger partial charge in [0.2, 0.25) is 0 Å². The van der Waals surface area contributed by atoms with Gasteiger partial charge >= 0.3 is 5.97 Å². The van der Waals surface area contributed by atoms with Crippen LogP contribution in [0.5, 0.6) is 0 Å². The lowest BCUT2D eigenvalue weighted by Crippen LogP contribution is -2.09. The number of carbonyl (C=O) groups is 1. The van der Waals surface area contributed by atoms with Crippen LogP contribution in [0.15, 0.2) is 42.6 Å². The quantitative estimate of drug-likeness (QED) is 0.697. The first kappa shape index (κ1) is 18.6.